The molecule has 0 radical (unpaired) electrons. The average molecular weight is 328 g/mol. The van der Waals surface area contributed by atoms with Crippen molar-refractivity contribution >= 4 is 8.24 Å². The highest BCUT2D eigenvalue weighted by atomic mass is 28.3. The third-order valence-corrected chi connectivity index (χ3v) is 9.35. The predicted molar refractivity (Wildman–Crippen MR) is 106 cm³/mol. The maximum atomic E-state index is 2.50. The van der Waals surface area contributed by atoms with Gasteiger partial charge in [0.15, 0.2) is 0 Å². The molecule has 1 nitrogen and oxygen atoms in total. The summed E-state index contributed by atoms with van der Waals surface area (Å²) in [6.45, 7) is 7.29. The fourth-order valence-corrected chi connectivity index (χ4v) is 4.54. The summed E-state index contributed by atoms with van der Waals surface area (Å²) in [5.74, 6) is 0. The lowest BCUT2D eigenvalue weighted by Crippen LogP contribution is -2.43. The molecular weight excluding hydrogens is 282 g/mol. The summed E-state index contributed by atoms with van der Waals surface area (Å²) in [6, 6.07) is 1.47. The molecule has 0 atom stereocenters. The van der Waals surface area contributed by atoms with Crippen molar-refractivity contribution in [1.29, 1.82) is 0 Å². The van der Waals surface area contributed by atoms with Crippen molar-refractivity contribution in [1.82, 2.24) is 4.57 Å². The van der Waals surface area contributed by atoms with Crippen molar-refractivity contribution in [3.8, 4) is 0 Å². The highest BCUT2D eigenvalue weighted by molar-refractivity contribution is 6.74. The Bertz CT molecular complexity index is 226. The van der Waals surface area contributed by atoms with Crippen LogP contribution in [0.3, 0.4) is 0 Å². The van der Waals surface area contributed by atoms with Crippen molar-refractivity contribution in [2.75, 3.05) is 14.1 Å². The molecule has 0 rings (SSSR count). The molecule has 0 amide bonds. The number of hydrogen-bond donors (Lipinski definition) is 0. The minimum absolute atomic E-state index is 1.05. The van der Waals surface area contributed by atoms with Gasteiger partial charge in [0.1, 0.15) is 8.24 Å². The summed E-state index contributed by atoms with van der Waals surface area (Å²) in [4.78, 5) is 0. The molecule has 0 saturated carbocycles. The molecule has 0 bridgehead atoms. The molecule has 0 N–H and O–H groups in total. The molecule has 0 heterocycles. The maximum Gasteiger partial charge on any atom is 0.121 e. The Labute approximate surface area is 143 Å². The van der Waals surface area contributed by atoms with Crippen molar-refractivity contribution in [3.63, 3.8) is 0 Å². The Morgan fingerprint density at radius 2 is 0.864 bits per heavy atom. The summed E-state index contributed by atoms with van der Waals surface area (Å²) in [5, 5.41) is 0. The van der Waals surface area contributed by atoms with E-state index >= 15 is 0 Å². The van der Waals surface area contributed by atoms with Crippen LogP contribution < -0.4 is 0 Å². The van der Waals surface area contributed by atoms with Crippen molar-refractivity contribution < 1.29 is 0 Å². The molecule has 0 aromatic heterocycles. The molecule has 0 saturated heterocycles. The van der Waals surface area contributed by atoms with Gasteiger partial charge in [0, 0.05) is 0 Å². The quantitative estimate of drug-likeness (QED) is 0.213. The molecule has 0 aliphatic rings. The first-order valence-corrected chi connectivity index (χ1v) is 13.3. The van der Waals surface area contributed by atoms with Gasteiger partial charge in [-0.15, -0.1) is 0 Å². The number of hydrogen-bond acceptors (Lipinski definition) is 1. The zero-order chi connectivity index (χ0) is 16.7. The van der Waals surface area contributed by atoms with Gasteiger partial charge >= 0.3 is 0 Å². The van der Waals surface area contributed by atoms with E-state index in [0.717, 1.165) is 0 Å². The Morgan fingerprint density at radius 1 is 0.545 bits per heavy atom. The monoisotopic (exact) mass is 327 g/mol. The summed E-state index contributed by atoms with van der Waals surface area (Å²) >= 11 is 0. The van der Waals surface area contributed by atoms with Gasteiger partial charge in [-0.05, 0) is 20.1 Å². The van der Waals surface area contributed by atoms with E-state index in [1.807, 2.05) is 0 Å². The van der Waals surface area contributed by atoms with Crippen LogP contribution in [0.4, 0.5) is 0 Å². The van der Waals surface area contributed by atoms with Gasteiger partial charge in [-0.3, -0.25) is 0 Å². The van der Waals surface area contributed by atoms with E-state index < -0.39 is 8.24 Å². The molecule has 0 spiro atoms. The van der Waals surface area contributed by atoms with Crippen LogP contribution in [-0.2, 0) is 0 Å². The lowest BCUT2D eigenvalue weighted by molar-refractivity contribution is 0.536. The second-order valence-corrected chi connectivity index (χ2v) is 13.1. The highest BCUT2D eigenvalue weighted by Gasteiger charge is 2.22. The van der Waals surface area contributed by atoms with Crippen LogP contribution >= 0.6 is 0 Å². The van der Waals surface area contributed by atoms with Gasteiger partial charge in [0.25, 0.3) is 0 Å². The molecule has 0 aliphatic carbocycles. The summed E-state index contributed by atoms with van der Waals surface area (Å²) in [5.41, 5.74) is 0. The molecule has 134 valence electrons. The van der Waals surface area contributed by atoms with Gasteiger partial charge < -0.3 is 4.57 Å². The van der Waals surface area contributed by atoms with E-state index in [9.17, 15) is 0 Å². The number of nitrogens with zero attached hydrogens (tertiary/aromatic N) is 1. The predicted octanol–water partition coefficient (Wildman–Crippen LogP) is 7.23. The first-order chi connectivity index (χ1) is 10.5. The minimum Gasteiger partial charge on any atom is -0.329 e. The maximum absolute atomic E-state index is 2.50. The van der Waals surface area contributed by atoms with Crippen LogP contribution in [0.5, 0.6) is 0 Å². The molecule has 0 aliphatic heterocycles. The molecule has 0 fully saturated rings. The van der Waals surface area contributed by atoms with Crippen LogP contribution in [0.15, 0.2) is 0 Å². The van der Waals surface area contributed by atoms with E-state index in [4.69, 9.17) is 0 Å². The first kappa shape index (κ1) is 22.2. The van der Waals surface area contributed by atoms with Crippen molar-refractivity contribution in [3.05, 3.63) is 0 Å². The fourth-order valence-electron chi connectivity index (χ4n) is 2.98. The van der Waals surface area contributed by atoms with Gasteiger partial charge in [-0.25, -0.2) is 0 Å². The van der Waals surface area contributed by atoms with Gasteiger partial charge in [0.05, 0.1) is 0 Å². The molecule has 22 heavy (non-hydrogen) atoms. The Kier molecular flexibility index (Phi) is 14.9. The summed E-state index contributed by atoms with van der Waals surface area (Å²) in [7, 11) is 3.47. The fraction of sp³-hybridized carbons (Fsp3) is 1.00. The van der Waals surface area contributed by atoms with Crippen molar-refractivity contribution in [2.24, 2.45) is 0 Å². The largest absolute Gasteiger partial charge is 0.329 e. The zero-order valence-electron chi connectivity index (χ0n) is 16.6. The standard InChI is InChI=1S/C20H45NSi/c1-6-7-8-9-10-11-12-13-14-15-16-17-18-19-20-22(4,5)21(2)3/h6-20H2,1-5H3. The van der Waals surface area contributed by atoms with Crippen LogP contribution in [0.2, 0.25) is 19.1 Å². The van der Waals surface area contributed by atoms with Gasteiger partial charge in [0.2, 0.25) is 0 Å². The Hall–Kier alpha value is 0.177. The lowest BCUT2D eigenvalue weighted by Gasteiger charge is -2.30. The Balaban J connectivity index is 3.15. The molecule has 2 heteroatoms. The van der Waals surface area contributed by atoms with E-state index in [2.05, 4.69) is 38.7 Å². The normalized spacial score (nSPS) is 12.3. The van der Waals surface area contributed by atoms with E-state index in [1.165, 1.54) is 95.9 Å². The summed E-state index contributed by atoms with van der Waals surface area (Å²) < 4.78 is 2.50. The molecule has 0 unspecified atom stereocenters. The smallest absolute Gasteiger partial charge is 0.121 e. The van der Waals surface area contributed by atoms with Crippen LogP contribution in [0.25, 0.3) is 0 Å². The second-order valence-electron chi connectivity index (χ2n) is 8.05. The second kappa shape index (κ2) is 14.7. The highest BCUT2D eigenvalue weighted by Crippen LogP contribution is 2.18. The molecule has 0 aromatic rings. The SMILES string of the molecule is CCCCCCCCCCCCCCCC[Si](C)(C)N(C)C. The van der Waals surface area contributed by atoms with Crippen LogP contribution in [-0.4, -0.2) is 26.9 Å². The number of rotatable bonds is 16. The van der Waals surface area contributed by atoms with Gasteiger partial charge in [-0.2, -0.15) is 0 Å². The van der Waals surface area contributed by atoms with Crippen LogP contribution in [0.1, 0.15) is 96.8 Å². The first-order valence-electron chi connectivity index (χ1n) is 10.2. The molecular formula is C20H45NSi. The molecule has 0 aromatic carbocycles. The topological polar surface area (TPSA) is 3.24 Å². The minimum atomic E-state index is -1.05. The third kappa shape index (κ3) is 13.8. The van der Waals surface area contributed by atoms with E-state index in [1.54, 1.807) is 0 Å². The van der Waals surface area contributed by atoms with Crippen molar-refractivity contribution in [2.45, 2.75) is 116 Å². The van der Waals surface area contributed by atoms with E-state index in [-0.39, 0.29) is 0 Å². The number of unbranched alkanes of at least 4 members (excludes halogenated alkanes) is 13. The van der Waals surface area contributed by atoms with Gasteiger partial charge in [-0.1, -0.05) is 110 Å². The van der Waals surface area contributed by atoms with E-state index in [0.29, 0.717) is 0 Å². The summed E-state index contributed by atoms with van der Waals surface area (Å²) in [6.07, 6.45) is 20.5. The zero-order valence-corrected chi connectivity index (χ0v) is 17.6. The Morgan fingerprint density at radius 3 is 1.18 bits per heavy atom. The van der Waals surface area contributed by atoms with Crippen LogP contribution in [0, 0.1) is 0 Å². The third-order valence-electron chi connectivity index (χ3n) is 5.35. The average Bonchev–Trinajstić information content (AvgIpc) is 2.47. The lowest BCUT2D eigenvalue weighted by atomic mass is 10.0.